The standard InChI is InChI=1S/C20H26N4O/c1-15-8-10-16(11-9-15)20(25)23-12-5-6-17(14-23)19-22-21-18-7-3-2-4-13-24(18)19/h8-11,17H,2-7,12-14H2,1H3. The summed E-state index contributed by atoms with van der Waals surface area (Å²) in [6.45, 7) is 4.66. The number of piperidine rings is 1. The minimum atomic E-state index is 0.139. The van der Waals surface area contributed by atoms with Gasteiger partial charge in [0.25, 0.3) is 5.91 Å². The average molecular weight is 338 g/mol. The van der Waals surface area contributed by atoms with E-state index in [1.165, 1.54) is 24.8 Å². The molecule has 1 aromatic carbocycles. The largest absolute Gasteiger partial charge is 0.338 e. The second-order valence-corrected chi connectivity index (χ2v) is 7.39. The summed E-state index contributed by atoms with van der Waals surface area (Å²) in [6, 6.07) is 7.88. The van der Waals surface area contributed by atoms with Crippen LogP contribution >= 0.6 is 0 Å². The second kappa shape index (κ2) is 6.98. The molecular weight excluding hydrogens is 312 g/mol. The second-order valence-electron chi connectivity index (χ2n) is 7.39. The first kappa shape index (κ1) is 16.3. The Hall–Kier alpha value is -2.17. The van der Waals surface area contributed by atoms with Gasteiger partial charge < -0.3 is 9.47 Å². The SMILES string of the molecule is Cc1ccc(C(=O)N2CCCC(c3nnc4n3CCCCC4)C2)cc1. The molecule has 5 heteroatoms. The number of nitrogens with zero attached hydrogens (tertiary/aromatic N) is 4. The van der Waals surface area contributed by atoms with Crippen LogP contribution in [0.5, 0.6) is 0 Å². The number of hydrogen-bond donors (Lipinski definition) is 0. The molecule has 2 aliphatic heterocycles. The fourth-order valence-electron chi connectivity index (χ4n) is 4.06. The van der Waals surface area contributed by atoms with E-state index < -0.39 is 0 Å². The molecule has 1 unspecified atom stereocenters. The summed E-state index contributed by atoms with van der Waals surface area (Å²) in [5, 5.41) is 8.96. The molecule has 0 aliphatic carbocycles. The number of aryl methyl sites for hydroxylation is 2. The summed E-state index contributed by atoms with van der Waals surface area (Å²) in [6.07, 6.45) is 6.84. The van der Waals surface area contributed by atoms with Crippen molar-refractivity contribution in [2.75, 3.05) is 13.1 Å². The van der Waals surface area contributed by atoms with Crippen molar-refractivity contribution < 1.29 is 4.79 Å². The third kappa shape index (κ3) is 3.32. The maximum atomic E-state index is 12.9. The summed E-state index contributed by atoms with van der Waals surface area (Å²) in [7, 11) is 0. The molecular formula is C20H26N4O. The molecule has 0 radical (unpaired) electrons. The fraction of sp³-hybridized carbons (Fsp3) is 0.550. The van der Waals surface area contributed by atoms with Crippen LogP contribution in [0.4, 0.5) is 0 Å². The van der Waals surface area contributed by atoms with Crippen molar-refractivity contribution in [3.63, 3.8) is 0 Å². The molecule has 1 saturated heterocycles. The van der Waals surface area contributed by atoms with Gasteiger partial charge in [0.05, 0.1) is 0 Å². The fourth-order valence-corrected chi connectivity index (χ4v) is 4.06. The molecule has 0 spiro atoms. The van der Waals surface area contributed by atoms with E-state index in [0.717, 1.165) is 56.1 Å². The van der Waals surface area contributed by atoms with Gasteiger partial charge in [0, 0.05) is 37.5 Å². The predicted octanol–water partition coefficient (Wildman–Crippen LogP) is 3.33. The average Bonchev–Trinajstić information content (AvgIpc) is 2.90. The lowest BCUT2D eigenvalue weighted by atomic mass is 9.96. The van der Waals surface area contributed by atoms with Gasteiger partial charge in [0.2, 0.25) is 0 Å². The number of hydrogen-bond acceptors (Lipinski definition) is 3. The van der Waals surface area contributed by atoms with Gasteiger partial charge in [-0.15, -0.1) is 10.2 Å². The first-order chi connectivity index (χ1) is 12.2. The van der Waals surface area contributed by atoms with Crippen LogP contribution < -0.4 is 0 Å². The van der Waals surface area contributed by atoms with E-state index in [1.54, 1.807) is 0 Å². The van der Waals surface area contributed by atoms with Crippen LogP contribution in [-0.2, 0) is 13.0 Å². The van der Waals surface area contributed by atoms with E-state index >= 15 is 0 Å². The van der Waals surface area contributed by atoms with Crippen LogP contribution in [0.2, 0.25) is 0 Å². The lowest BCUT2D eigenvalue weighted by molar-refractivity contribution is 0.0703. The lowest BCUT2D eigenvalue weighted by Crippen LogP contribution is -2.39. The Balaban J connectivity index is 1.52. The van der Waals surface area contributed by atoms with Crippen molar-refractivity contribution in [3.05, 3.63) is 47.0 Å². The van der Waals surface area contributed by atoms with Gasteiger partial charge in [-0.25, -0.2) is 0 Å². The lowest BCUT2D eigenvalue weighted by Gasteiger charge is -2.32. The van der Waals surface area contributed by atoms with Gasteiger partial charge in [-0.2, -0.15) is 0 Å². The number of benzene rings is 1. The summed E-state index contributed by atoms with van der Waals surface area (Å²) >= 11 is 0. The highest BCUT2D eigenvalue weighted by Crippen LogP contribution is 2.28. The van der Waals surface area contributed by atoms with Crippen LogP contribution in [0, 0.1) is 6.92 Å². The summed E-state index contributed by atoms with van der Waals surface area (Å²) in [4.78, 5) is 14.9. The van der Waals surface area contributed by atoms with Crippen LogP contribution in [-0.4, -0.2) is 38.7 Å². The van der Waals surface area contributed by atoms with Crippen molar-refractivity contribution in [1.82, 2.24) is 19.7 Å². The van der Waals surface area contributed by atoms with Crippen LogP contribution in [0.1, 0.15) is 65.6 Å². The van der Waals surface area contributed by atoms with Gasteiger partial charge >= 0.3 is 0 Å². The van der Waals surface area contributed by atoms with Gasteiger partial charge in [-0.3, -0.25) is 4.79 Å². The summed E-state index contributed by atoms with van der Waals surface area (Å²) in [5.41, 5.74) is 1.96. The van der Waals surface area contributed by atoms with Crippen molar-refractivity contribution in [2.24, 2.45) is 0 Å². The molecule has 5 nitrogen and oxygen atoms in total. The summed E-state index contributed by atoms with van der Waals surface area (Å²) < 4.78 is 2.33. The minimum Gasteiger partial charge on any atom is -0.338 e. The van der Waals surface area contributed by atoms with Crippen molar-refractivity contribution >= 4 is 5.91 Å². The molecule has 0 bridgehead atoms. The third-order valence-electron chi connectivity index (χ3n) is 5.51. The first-order valence-corrected chi connectivity index (χ1v) is 9.50. The molecule has 1 aromatic heterocycles. The molecule has 0 N–H and O–H groups in total. The van der Waals surface area contributed by atoms with E-state index in [-0.39, 0.29) is 5.91 Å². The molecule has 1 fully saturated rings. The van der Waals surface area contributed by atoms with Gasteiger partial charge in [-0.1, -0.05) is 24.1 Å². The Morgan fingerprint density at radius 1 is 1.04 bits per heavy atom. The molecule has 1 amide bonds. The number of amides is 1. The molecule has 132 valence electrons. The molecule has 0 saturated carbocycles. The molecule has 4 rings (SSSR count). The zero-order valence-corrected chi connectivity index (χ0v) is 14.9. The molecule has 2 aliphatic rings. The third-order valence-corrected chi connectivity index (χ3v) is 5.51. The number of likely N-dealkylation sites (tertiary alicyclic amines) is 1. The Kier molecular flexibility index (Phi) is 4.55. The number of aromatic nitrogens is 3. The normalized spacial score (nSPS) is 20.8. The van der Waals surface area contributed by atoms with E-state index in [4.69, 9.17) is 0 Å². The number of carbonyl (C=O) groups excluding carboxylic acids is 1. The zero-order valence-electron chi connectivity index (χ0n) is 14.9. The van der Waals surface area contributed by atoms with Gasteiger partial charge in [0.1, 0.15) is 11.6 Å². The van der Waals surface area contributed by atoms with E-state index in [9.17, 15) is 4.79 Å². The van der Waals surface area contributed by atoms with Crippen molar-refractivity contribution in [2.45, 2.75) is 57.9 Å². The minimum absolute atomic E-state index is 0.139. The zero-order chi connectivity index (χ0) is 17.2. The maximum absolute atomic E-state index is 12.9. The Morgan fingerprint density at radius 3 is 2.72 bits per heavy atom. The van der Waals surface area contributed by atoms with Crippen molar-refractivity contribution in [1.29, 1.82) is 0 Å². The number of rotatable bonds is 2. The van der Waals surface area contributed by atoms with Crippen molar-refractivity contribution in [3.8, 4) is 0 Å². The highest BCUT2D eigenvalue weighted by atomic mass is 16.2. The summed E-state index contributed by atoms with van der Waals surface area (Å²) in [5.74, 6) is 2.68. The van der Waals surface area contributed by atoms with Crippen LogP contribution in [0.3, 0.4) is 0 Å². The first-order valence-electron chi connectivity index (χ1n) is 9.50. The molecule has 3 heterocycles. The number of carbonyl (C=O) groups is 1. The number of fused-ring (bicyclic) bond motifs is 1. The maximum Gasteiger partial charge on any atom is 0.253 e. The van der Waals surface area contributed by atoms with E-state index in [2.05, 4.69) is 14.8 Å². The smallest absolute Gasteiger partial charge is 0.253 e. The highest BCUT2D eigenvalue weighted by molar-refractivity contribution is 5.94. The van der Waals surface area contributed by atoms with Crippen LogP contribution in [0.25, 0.3) is 0 Å². The Labute approximate surface area is 149 Å². The predicted molar refractivity (Wildman–Crippen MR) is 96.6 cm³/mol. The quantitative estimate of drug-likeness (QED) is 0.844. The molecule has 25 heavy (non-hydrogen) atoms. The topological polar surface area (TPSA) is 51.0 Å². The molecule has 1 atom stereocenters. The Bertz CT molecular complexity index is 750. The Morgan fingerprint density at radius 2 is 1.88 bits per heavy atom. The molecule has 2 aromatic rings. The van der Waals surface area contributed by atoms with Crippen LogP contribution in [0.15, 0.2) is 24.3 Å². The highest BCUT2D eigenvalue weighted by Gasteiger charge is 2.29. The van der Waals surface area contributed by atoms with E-state index in [0.29, 0.717) is 5.92 Å². The van der Waals surface area contributed by atoms with Gasteiger partial charge in [-0.05, 0) is 44.7 Å². The van der Waals surface area contributed by atoms with Gasteiger partial charge in [0.15, 0.2) is 0 Å². The van der Waals surface area contributed by atoms with E-state index in [1.807, 2.05) is 36.1 Å². The monoisotopic (exact) mass is 338 g/mol.